The first-order valence-corrected chi connectivity index (χ1v) is 14.9. The van der Waals surface area contributed by atoms with Gasteiger partial charge >= 0.3 is 0 Å². The number of rotatable bonds is 13. The smallest absolute Gasteiger partial charge is 0.143 e. The van der Waals surface area contributed by atoms with Crippen LogP contribution >= 0.6 is 0 Å². The molecule has 0 spiro atoms. The van der Waals surface area contributed by atoms with E-state index in [9.17, 15) is 0 Å². The Morgan fingerprint density at radius 1 is 0.837 bits per heavy atom. The molecule has 43 heavy (non-hydrogen) atoms. The molecule has 7 nitrogen and oxygen atoms in total. The number of methoxy groups -OCH3 is 3. The van der Waals surface area contributed by atoms with Crippen LogP contribution in [0, 0.1) is 5.92 Å². The Bertz CT molecular complexity index is 1370. The van der Waals surface area contributed by atoms with E-state index in [1.807, 2.05) is 24.3 Å². The van der Waals surface area contributed by atoms with Crippen LogP contribution in [0.25, 0.3) is 10.8 Å². The quantitative estimate of drug-likeness (QED) is 0.139. The van der Waals surface area contributed by atoms with Gasteiger partial charge in [0.25, 0.3) is 0 Å². The summed E-state index contributed by atoms with van der Waals surface area (Å²) in [4.78, 5) is 0. The average molecular weight is 588 g/mol. The number of hydrogen-bond acceptors (Lipinski definition) is 7. The van der Waals surface area contributed by atoms with Gasteiger partial charge in [-0.1, -0.05) is 60.7 Å². The molecule has 5 rings (SSSR count). The fraction of sp³-hybridized carbons (Fsp3) is 0.389. The number of hydrogen-bond donors (Lipinski definition) is 2. The van der Waals surface area contributed by atoms with Gasteiger partial charge in [0.15, 0.2) is 0 Å². The second-order valence-electron chi connectivity index (χ2n) is 10.6. The maximum Gasteiger partial charge on any atom is 0.143 e. The number of nitrogens with one attached hydrogen (secondary N) is 1. The molecule has 1 fully saturated rings. The van der Waals surface area contributed by atoms with Crippen LogP contribution in [-0.4, -0.2) is 59.5 Å². The zero-order valence-electron chi connectivity index (χ0n) is 25.6. The Labute approximate surface area is 255 Å². The molecule has 1 aliphatic rings. The Balaban J connectivity index is 0.000000996. The molecule has 0 bridgehead atoms. The maximum absolute atomic E-state index is 7.65. The molecule has 0 radical (unpaired) electrons. The first kappa shape index (κ1) is 32.3. The van der Waals surface area contributed by atoms with E-state index in [-0.39, 0.29) is 6.79 Å². The number of para-hydroxylation sites is 1. The normalized spacial score (nSPS) is 16.3. The van der Waals surface area contributed by atoms with Crippen LogP contribution in [-0.2, 0) is 22.5 Å². The van der Waals surface area contributed by atoms with Crippen molar-refractivity contribution in [3.05, 3.63) is 102 Å². The minimum Gasteiger partial charge on any atom is -0.496 e. The van der Waals surface area contributed by atoms with Gasteiger partial charge in [-0.25, -0.2) is 0 Å². The number of benzene rings is 4. The Morgan fingerprint density at radius 2 is 1.58 bits per heavy atom. The lowest BCUT2D eigenvalue weighted by molar-refractivity contribution is 0.0325. The predicted octanol–water partition coefficient (Wildman–Crippen LogP) is 6.36. The fourth-order valence-electron chi connectivity index (χ4n) is 5.67. The summed E-state index contributed by atoms with van der Waals surface area (Å²) in [5.74, 6) is 3.77. The third kappa shape index (κ3) is 9.43. The number of aliphatic hydroxyl groups is 1. The van der Waals surface area contributed by atoms with Crippen molar-refractivity contribution in [2.75, 3.05) is 54.4 Å². The average Bonchev–Trinajstić information content (AvgIpc) is 3.06. The van der Waals surface area contributed by atoms with Crippen molar-refractivity contribution < 1.29 is 28.8 Å². The molecule has 2 atom stereocenters. The highest BCUT2D eigenvalue weighted by atomic mass is 16.6. The van der Waals surface area contributed by atoms with E-state index in [1.54, 1.807) is 14.2 Å². The van der Waals surface area contributed by atoms with Crippen molar-refractivity contribution in [2.24, 2.45) is 5.92 Å². The maximum atomic E-state index is 7.65. The zero-order chi connectivity index (χ0) is 30.3. The van der Waals surface area contributed by atoms with Crippen molar-refractivity contribution in [3.63, 3.8) is 0 Å². The molecule has 0 saturated carbocycles. The molecule has 1 aliphatic heterocycles. The number of aliphatic hydroxyl groups excluding tert-OH is 1. The summed E-state index contributed by atoms with van der Waals surface area (Å²) in [6.45, 7) is 3.71. The highest BCUT2D eigenvalue weighted by Crippen LogP contribution is 2.35. The molecule has 2 unspecified atom stereocenters. The number of fused-ring (bicyclic) bond motifs is 1. The van der Waals surface area contributed by atoms with Crippen LogP contribution in [0.15, 0.2) is 84.9 Å². The van der Waals surface area contributed by atoms with Gasteiger partial charge < -0.3 is 34.1 Å². The van der Waals surface area contributed by atoms with Gasteiger partial charge in [-0.2, -0.15) is 0 Å². The first-order valence-electron chi connectivity index (χ1n) is 14.9. The lowest BCUT2D eigenvalue weighted by Crippen LogP contribution is -2.36. The van der Waals surface area contributed by atoms with E-state index in [2.05, 4.69) is 70.7 Å². The van der Waals surface area contributed by atoms with Crippen molar-refractivity contribution in [1.29, 1.82) is 0 Å². The van der Waals surface area contributed by atoms with Crippen molar-refractivity contribution in [3.8, 4) is 17.2 Å². The van der Waals surface area contributed by atoms with Gasteiger partial charge in [0.2, 0.25) is 0 Å². The third-order valence-corrected chi connectivity index (χ3v) is 7.80. The summed E-state index contributed by atoms with van der Waals surface area (Å²) in [6, 6.07) is 29.7. The number of ether oxygens (including phenoxy) is 5. The molecule has 0 aromatic heterocycles. The highest BCUT2D eigenvalue weighted by Gasteiger charge is 2.27. The second kappa shape index (κ2) is 17.5. The Morgan fingerprint density at radius 3 is 2.35 bits per heavy atom. The molecule has 1 heterocycles. The zero-order valence-corrected chi connectivity index (χ0v) is 25.6. The van der Waals surface area contributed by atoms with Gasteiger partial charge in [0.05, 0.1) is 34.0 Å². The molecule has 0 amide bonds. The fourth-order valence-corrected chi connectivity index (χ4v) is 5.67. The summed E-state index contributed by atoms with van der Waals surface area (Å²) in [5, 5.41) is 13.7. The van der Waals surface area contributed by atoms with E-state index < -0.39 is 0 Å². The lowest BCUT2D eigenvalue weighted by Gasteiger charge is -2.33. The van der Waals surface area contributed by atoms with E-state index in [0.29, 0.717) is 31.7 Å². The van der Waals surface area contributed by atoms with Crippen LogP contribution in [0.5, 0.6) is 17.2 Å². The molecule has 4 aromatic rings. The second-order valence-corrected chi connectivity index (χ2v) is 10.6. The highest BCUT2D eigenvalue weighted by molar-refractivity contribution is 5.89. The lowest BCUT2D eigenvalue weighted by atomic mass is 9.78. The van der Waals surface area contributed by atoms with E-state index in [4.69, 9.17) is 24.1 Å². The van der Waals surface area contributed by atoms with Crippen LogP contribution in [0.1, 0.15) is 35.4 Å². The predicted molar refractivity (Wildman–Crippen MR) is 171 cm³/mol. The first-order chi connectivity index (χ1) is 21.2. The van der Waals surface area contributed by atoms with Crippen molar-refractivity contribution in [2.45, 2.75) is 31.8 Å². The molecule has 230 valence electrons. The molecule has 2 N–H and O–H groups in total. The van der Waals surface area contributed by atoms with E-state index in [0.717, 1.165) is 55.2 Å². The van der Waals surface area contributed by atoms with Crippen LogP contribution < -0.4 is 19.5 Å². The SMILES string of the molecule is COCO.COc1ccccc1COCCCOc1ccc(C2CCNCC2Cc2cc(OC)c3ccccc3c2)cc1. The Kier molecular flexibility index (Phi) is 13.1. The van der Waals surface area contributed by atoms with Crippen molar-refractivity contribution in [1.82, 2.24) is 5.32 Å². The van der Waals surface area contributed by atoms with Crippen LogP contribution in [0.2, 0.25) is 0 Å². The van der Waals surface area contributed by atoms with Crippen molar-refractivity contribution >= 4 is 10.8 Å². The summed E-state index contributed by atoms with van der Waals surface area (Å²) >= 11 is 0. The minimum absolute atomic E-state index is 0.181. The summed E-state index contributed by atoms with van der Waals surface area (Å²) < 4.78 is 27.0. The third-order valence-electron chi connectivity index (χ3n) is 7.80. The van der Waals surface area contributed by atoms with Gasteiger partial charge in [0.1, 0.15) is 24.0 Å². The Hall–Kier alpha value is -3.62. The van der Waals surface area contributed by atoms with Crippen LogP contribution in [0.4, 0.5) is 0 Å². The molecule has 1 saturated heterocycles. The monoisotopic (exact) mass is 587 g/mol. The molecule has 4 aromatic carbocycles. The van der Waals surface area contributed by atoms with Gasteiger partial charge in [-0.05, 0) is 78.5 Å². The van der Waals surface area contributed by atoms with Gasteiger partial charge in [-0.3, -0.25) is 0 Å². The number of piperidine rings is 1. The standard InChI is InChI=1S/C34H39NO4.C2H6O2/c1-36-33-11-6-4-9-28(33)24-38-18-7-19-39-30-14-12-26(13-15-30)31-16-17-35-23-29(31)21-25-20-27-8-3-5-10-32(27)34(22-25)37-2;1-4-2-3/h3-6,8-15,20,22,29,31,35H,7,16-19,21,23-24H2,1-2H3;3H,2H2,1H3. The largest absolute Gasteiger partial charge is 0.496 e. The summed E-state index contributed by atoms with van der Waals surface area (Å²) in [5.41, 5.74) is 3.78. The molecule has 0 aliphatic carbocycles. The summed E-state index contributed by atoms with van der Waals surface area (Å²) in [7, 11) is 4.88. The van der Waals surface area contributed by atoms with E-state index in [1.165, 1.54) is 29.0 Å². The molecular formula is C36H45NO6. The molecule has 7 heteroatoms. The van der Waals surface area contributed by atoms with Gasteiger partial charge in [0, 0.05) is 24.5 Å². The summed E-state index contributed by atoms with van der Waals surface area (Å²) in [6.07, 6.45) is 2.99. The minimum atomic E-state index is -0.181. The molecular weight excluding hydrogens is 542 g/mol. The van der Waals surface area contributed by atoms with Crippen LogP contribution in [0.3, 0.4) is 0 Å². The van der Waals surface area contributed by atoms with Gasteiger partial charge in [-0.15, -0.1) is 0 Å². The van der Waals surface area contributed by atoms with E-state index >= 15 is 0 Å². The topological polar surface area (TPSA) is 78.4 Å².